The SMILES string of the molecule is CCCCOC(=O)NC(=O)NCCNCC(O)COc1ccc(O)cc1. The van der Waals surface area contributed by atoms with Gasteiger partial charge in [-0.3, -0.25) is 0 Å². The van der Waals surface area contributed by atoms with Gasteiger partial charge >= 0.3 is 12.1 Å². The van der Waals surface area contributed by atoms with E-state index in [0.29, 0.717) is 12.3 Å². The quantitative estimate of drug-likeness (QED) is 0.367. The maximum absolute atomic E-state index is 11.4. The molecule has 26 heavy (non-hydrogen) atoms. The predicted molar refractivity (Wildman–Crippen MR) is 95.3 cm³/mol. The summed E-state index contributed by atoms with van der Waals surface area (Å²) in [6.45, 7) is 3.31. The number of phenolic OH excluding ortho intramolecular Hbond substituents is 1. The van der Waals surface area contributed by atoms with Gasteiger partial charge in [0.05, 0.1) is 6.61 Å². The number of ether oxygens (including phenoxy) is 2. The molecule has 0 bridgehead atoms. The number of benzene rings is 1. The molecule has 0 saturated carbocycles. The predicted octanol–water partition coefficient (Wildman–Crippen LogP) is 0.957. The van der Waals surface area contributed by atoms with Gasteiger partial charge in [0.15, 0.2) is 0 Å². The van der Waals surface area contributed by atoms with Crippen LogP contribution in [0.2, 0.25) is 0 Å². The molecule has 1 aromatic carbocycles. The molecule has 0 spiro atoms. The Balaban J connectivity index is 2.02. The van der Waals surface area contributed by atoms with E-state index in [1.807, 2.05) is 6.92 Å². The first-order chi connectivity index (χ1) is 12.5. The number of aliphatic hydroxyl groups is 1. The number of carbonyl (C=O) groups excluding carboxylic acids is 2. The van der Waals surface area contributed by atoms with E-state index in [9.17, 15) is 14.7 Å². The Kier molecular flexibility index (Phi) is 10.6. The minimum atomic E-state index is -0.772. The third-order valence-electron chi connectivity index (χ3n) is 3.19. The van der Waals surface area contributed by atoms with Crippen molar-refractivity contribution in [3.05, 3.63) is 24.3 Å². The summed E-state index contributed by atoms with van der Waals surface area (Å²) in [6, 6.07) is 5.56. The molecule has 0 fully saturated rings. The van der Waals surface area contributed by atoms with Crippen LogP contribution in [0.25, 0.3) is 0 Å². The number of unbranched alkanes of at least 4 members (excludes halogenated alkanes) is 1. The van der Waals surface area contributed by atoms with E-state index >= 15 is 0 Å². The highest BCUT2D eigenvalue weighted by Gasteiger charge is 2.08. The summed E-state index contributed by atoms with van der Waals surface area (Å²) in [4.78, 5) is 22.7. The lowest BCUT2D eigenvalue weighted by molar-refractivity contribution is 0.106. The van der Waals surface area contributed by atoms with Crippen LogP contribution in [0.5, 0.6) is 11.5 Å². The van der Waals surface area contributed by atoms with Gasteiger partial charge in [-0.25, -0.2) is 14.9 Å². The summed E-state index contributed by atoms with van der Waals surface area (Å²) in [5.41, 5.74) is 0. The van der Waals surface area contributed by atoms with Crippen molar-refractivity contribution in [1.29, 1.82) is 0 Å². The number of amides is 3. The highest BCUT2D eigenvalue weighted by molar-refractivity contribution is 5.90. The second-order valence-corrected chi connectivity index (χ2v) is 5.53. The highest BCUT2D eigenvalue weighted by atomic mass is 16.5. The first-order valence-electron chi connectivity index (χ1n) is 8.53. The molecule has 0 aliphatic heterocycles. The fourth-order valence-electron chi connectivity index (χ4n) is 1.81. The molecule has 1 aromatic rings. The second kappa shape index (κ2) is 12.8. The molecule has 1 unspecified atom stereocenters. The van der Waals surface area contributed by atoms with E-state index in [4.69, 9.17) is 14.6 Å². The number of phenols is 1. The van der Waals surface area contributed by atoms with Crippen molar-refractivity contribution < 1.29 is 29.3 Å². The van der Waals surface area contributed by atoms with Crippen molar-refractivity contribution in [2.75, 3.05) is 32.8 Å². The fraction of sp³-hybridized carbons (Fsp3) is 0.529. The van der Waals surface area contributed by atoms with Crippen molar-refractivity contribution in [3.8, 4) is 11.5 Å². The number of urea groups is 1. The van der Waals surface area contributed by atoms with Gasteiger partial charge in [-0.2, -0.15) is 0 Å². The highest BCUT2D eigenvalue weighted by Crippen LogP contribution is 2.15. The number of hydrogen-bond donors (Lipinski definition) is 5. The topological polar surface area (TPSA) is 129 Å². The van der Waals surface area contributed by atoms with Crippen molar-refractivity contribution in [2.24, 2.45) is 0 Å². The maximum atomic E-state index is 11.4. The summed E-state index contributed by atoms with van der Waals surface area (Å²) in [7, 11) is 0. The number of nitrogens with one attached hydrogen (secondary N) is 3. The lowest BCUT2D eigenvalue weighted by atomic mass is 10.3. The van der Waals surface area contributed by atoms with Gasteiger partial charge in [0, 0.05) is 19.6 Å². The van der Waals surface area contributed by atoms with E-state index in [1.54, 1.807) is 12.1 Å². The van der Waals surface area contributed by atoms with Gasteiger partial charge in [0.2, 0.25) is 0 Å². The van der Waals surface area contributed by atoms with Crippen LogP contribution >= 0.6 is 0 Å². The molecule has 1 rings (SSSR count). The molecule has 1 atom stereocenters. The Bertz CT molecular complexity index is 538. The molecule has 5 N–H and O–H groups in total. The zero-order valence-corrected chi connectivity index (χ0v) is 14.9. The van der Waals surface area contributed by atoms with E-state index in [-0.39, 0.29) is 32.1 Å². The van der Waals surface area contributed by atoms with Crippen LogP contribution in [0.3, 0.4) is 0 Å². The normalized spacial score (nSPS) is 11.5. The monoisotopic (exact) mass is 369 g/mol. The van der Waals surface area contributed by atoms with Crippen LogP contribution in [0.4, 0.5) is 9.59 Å². The largest absolute Gasteiger partial charge is 0.508 e. The van der Waals surface area contributed by atoms with Gasteiger partial charge < -0.3 is 30.3 Å². The van der Waals surface area contributed by atoms with Gasteiger partial charge in [0.1, 0.15) is 24.2 Å². The fourth-order valence-corrected chi connectivity index (χ4v) is 1.81. The average Bonchev–Trinajstić information content (AvgIpc) is 2.61. The lowest BCUT2D eigenvalue weighted by Crippen LogP contribution is -2.43. The van der Waals surface area contributed by atoms with E-state index in [1.165, 1.54) is 12.1 Å². The smallest absolute Gasteiger partial charge is 0.415 e. The molecule has 0 aliphatic carbocycles. The Labute approximate surface area is 152 Å². The Morgan fingerprint density at radius 3 is 2.62 bits per heavy atom. The zero-order valence-electron chi connectivity index (χ0n) is 14.9. The number of rotatable bonds is 11. The zero-order chi connectivity index (χ0) is 19.2. The van der Waals surface area contributed by atoms with Gasteiger partial charge in [-0.1, -0.05) is 13.3 Å². The van der Waals surface area contributed by atoms with Crippen molar-refractivity contribution >= 4 is 12.1 Å². The van der Waals surface area contributed by atoms with Crippen LogP contribution in [0, 0.1) is 0 Å². The van der Waals surface area contributed by atoms with Crippen LogP contribution in [-0.2, 0) is 4.74 Å². The van der Waals surface area contributed by atoms with Crippen LogP contribution in [0.1, 0.15) is 19.8 Å². The third kappa shape index (κ3) is 10.4. The minimum absolute atomic E-state index is 0.0926. The molecule has 0 aromatic heterocycles. The summed E-state index contributed by atoms with van der Waals surface area (Å²) in [5.74, 6) is 0.691. The van der Waals surface area contributed by atoms with E-state index in [2.05, 4.69) is 16.0 Å². The standard InChI is InChI=1S/C17H27N3O6/c1-2-3-10-25-17(24)20-16(23)19-9-8-18-11-14(22)12-26-15-6-4-13(21)5-7-15/h4-7,14,18,21-22H,2-3,8-12H2,1H3,(H2,19,20,23,24). The summed E-state index contributed by atoms with van der Waals surface area (Å²) in [6.07, 6.45) is 0.145. The number of imide groups is 1. The van der Waals surface area contributed by atoms with Crippen molar-refractivity contribution in [2.45, 2.75) is 25.9 Å². The van der Waals surface area contributed by atoms with Crippen molar-refractivity contribution in [1.82, 2.24) is 16.0 Å². The van der Waals surface area contributed by atoms with Gasteiger partial charge in [-0.05, 0) is 30.7 Å². The number of alkyl carbamates (subject to hydrolysis) is 1. The van der Waals surface area contributed by atoms with E-state index in [0.717, 1.165) is 12.8 Å². The summed E-state index contributed by atoms with van der Waals surface area (Å²) in [5, 5.41) is 26.5. The molecule has 0 saturated heterocycles. The Morgan fingerprint density at radius 1 is 1.19 bits per heavy atom. The number of aromatic hydroxyl groups is 1. The maximum Gasteiger partial charge on any atom is 0.415 e. The molecule has 9 nitrogen and oxygen atoms in total. The molecule has 0 radical (unpaired) electrons. The first-order valence-corrected chi connectivity index (χ1v) is 8.53. The Hall–Kier alpha value is -2.52. The molecular formula is C17H27N3O6. The molecule has 0 aliphatic rings. The Morgan fingerprint density at radius 2 is 1.92 bits per heavy atom. The first kappa shape index (κ1) is 21.5. The number of hydrogen-bond acceptors (Lipinski definition) is 7. The lowest BCUT2D eigenvalue weighted by Gasteiger charge is -2.13. The van der Waals surface area contributed by atoms with E-state index < -0.39 is 18.2 Å². The second-order valence-electron chi connectivity index (χ2n) is 5.53. The van der Waals surface area contributed by atoms with Gasteiger partial charge in [-0.15, -0.1) is 0 Å². The van der Waals surface area contributed by atoms with Gasteiger partial charge in [0.25, 0.3) is 0 Å². The summed E-state index contributed by atoms with van der Waals surface area (Å²) < 4.78 is 10.2. The molecule has 0 heterocycles. The average molecular weight is 369 g/mol. The molecule has 3 amide bonds. The molecular weight excluding hydrogens is 342 g/mol. The molecule has 146 valence electrons. The summed E-state index contributed by atoms with van der Waals surface area (Å²) >= 11 is 0. The van der Waals surface area contributed by atoms with Crippen LogP contribution in [0.15, 0.2) is 24.3 Å². The number of aliphatic hydroxyl groups excluding tert-OH is 1. The van der Waals surface area contributed by atoms with Crippen molar-refractivity contribution in [3.63, 3.8) is 0 Å². The minimum Gasteiger partial charge on any atom is -0.508 e. The molecule has 9 heteroatoms. The third-order valence-corrected chi connectivity index (χ3v) is 3.19. The van der Waals surface area contributed by atoms with Crippen LogP contribution < -0.4 is 20.7 Å². The number of carbonyl (C=O) groups is 2. The van der Waals surface area contributed by atoms with Crippen LogP contribution in [-0.4, -0.2) is 61.3 Å².